The van der Waals surface area contributed by atoms with E-state index in [1.165, 1.54) is 12.2 Å². The quantitative estimate of drug-likeness (QED) is 0.456. The fourth-order valence-electron chi connectivity index (χ4n) is 2.87. The average molecular weight is 478 g/mol. The number of hydrogen-bond acceptors (Lipinski definition) is 5. The van der Waals surface area contributed by atoms with Crippen molar-refractivity contribution in [1.82, 2.24) is 15.3 Å². The summed E-state index contributed by atoms with van der Waals surface area (Å²) < 4.78 is 47.2. The fourth-order valence-corrected chi connectivity index (χ4v) is 2.87. The molecule has 182 valence electrons. The van der Waals surface area contributed by atoms with Crippen molar-refractivity contribution < 1.29 is 27.5 Å². The first kappa shape index (κ1) is 26.2. The monoisotopic (exact) mass is 478 g/mol. The minimum absolute atomic E-state index is 0.220. The largest absolute Gasteiger partial charge is 0.491 e. The van der Waals surface area contributed by atoms with Gasteiger partial charge in [-0.15, -0.1) is 13.2 Å². The molecule has 1 heterocycles. The molecule has 0 aliphatic carbocycles. The normalized spacial score (nSPS) is 12.3. The zero-order valence-electron chi connectivity index (χ0n) is 18.9. The van der Waals surface area contributed by atoms with Crippen LogP contribution in [0.4, 0.5) is 13.2 Å². The number of hydrogen-bond donors (Lipinski definition) is 3. The Balaban J connectivity index is 2.52. The first-order chi connectivity index (χ1) is 16.0. The highest BCUT2D eigenvalue weighted by atomic mass is 19.1. The van der Waals surface area contributed by atoms with Crippen LogP contribution in [0.2, 0.25) is 0 Å². The van der Waals surface area contributed by atoms with Crippen LogP contribution in [0.15, 0.2) is 48.4 Å². The fraction of sp³-hybridized carbons (Fsp3) is 0.261. The number of aromatic nitrogens is 1. The number of nitrogens with zero attached hydrogens (tertiary/aromatic N) is 1. The van der Waals surface area contributed by atoms with Gasteiger partial charge in [0.1, 0.15) is 23.0 Å². The van der Waals surface area contributed by atoms with Crippen LogP contribution in [0, 0.1) is 17.5 Å². The summed E-state index contributed by atoms with van der Waals surface area (Å²) in [5.74, 6) is -5.63. The van der Waals surface area contributed by atoms with Crippen LogP contribution in [-0.4, -0.2) is 35.7 Å². The number of benzene rings is 1. The molecule has 0 fully saturated rings. The second kappa shape index (κ2) is 11.2. The summed E-state index contributed by atoms with van der Waals surface area (Å²) in [6.45, 7) is 9.92. The number of carbonyl (C=O) groups is 2. The maximum absolute atomic E-state index is 13.9. The van der Waals surface area contributed by atoms with Gasteiger partial charge in [0.2, 0.25) is 5.43 Å². The van der Waals surface area contributed by atoms with Gasteiger partial charge in [0, 0.05) is 36.5 Å². The smallest absolute Gasteiger partial charge is 0.274 e. The lowest BCUT2D eigenvalue weighted by Crippen LogP contribution is -2.40. The molecule has 0 spiro atoms. The topological polar surface area (TPSA) is 101 Å². The molecule has 8 nitrogen and oxygen atoms in total. The van der Waals surface area contributed by atoms with E-state index >= 15 is 0 Å². The molecule has 1 aromatic heterocycles. The summed E-state index contributed by atoms with van der Waals surface area (Å²) in [5.41, 5.74) is 0.666. The maximum atomic E-state index is 13.9. The van der Waals surface area contributed by atoms with E-state index in [2.05, 4.69) is 29.2 Å². The first-order valence-electron chi connectivity index (χ1n) is 10.1. The number of ether oxygens (including phenoxy) is 1. The molecule has 34 heavy (non-hydrogen) atoms. The van der Waals surface area contributed by atoms with E-state index in [0.29, 0.717) is 12.1 Å². The van der Waals surface area contributed by atoms with Crippen molar-refractivity contribution in [2.75, 3.05) is 12.5 Å². The van der Waals surface area contributed by atoms with E-state index in [1.54, 1.807) is 13.8 Å². The van der Waals surface area contributed by atoms with Gasteiger partial charge in [-0.2, -0.15) is 0 Å². The van der Waals surface area contributed by atoms with Gasteiger partial charge in [-0.1, -0.05) is 12.2 Å². The summed E-state index contributed by atoms with van der Waals surface area (Å²) in [6, 6.07) is 0.0902. The molecular formula is C23H25F3N4O4. The zero-order chi connectivity index (χ0) is 25.6. The molecule has 0 radical (unpaired) electrons. The summed E-state index contributed by atoms with van der Waals surface area (Å²) in [5, 5.41) is 4.84. The van der Waals surface area contributed by atoms with E-state index in [9.17, 15) is 27.6 Å². The van der Waals surface area contributed by atoms with Crippen molar-refractivity contribution >= 4 is 11.8 Å². The molecule has 2 aromatic rings. The van der Waals surface area contributed by atoms with E-state index < -0.39 is 70.2 Å². The van der Waals surface area contributed by atoms with Gasteiger partial charge in [0.05, 0.1) is 13.2 Å². The first-order valence-corrected chi connectivity index (χ1v) is 10.1. The molecule has 2 amide bonds. The minimum Gasteiger partial charge on any atom is -0.491 e. The lowest BCUT2D eigenvalue weighted by Gasteiger charge is -2.22. The highest BCUT2D eigenvalue weighted by Gasteiger charge is 2.26. The van der Waals surface area contributed by atoms with Crippen LogP contribution in [0.3, 0.4) is 0 Å². The second-order valence-electron chi connectivity index (χ2n) is 7.31. The Bertz CT molecular complexity index is 1160. The molecule has 2 rings (SSSR count). The van der Waals surface area contributed by atoms with Crippen LogP contribution in [-0.2, 0) is 6.54 Å². The molecule has 0 saturated carbocycles. The van der Waals surface area contributed by atoms with Crippen LogP contribution in [0.5, 0.6) is 5.75 Å². The average Bonchev–Trinajstić information content (AvgIpc) is 2.78. The predicted molar refractivity (Wildman–Crippen MR) is 121 cm³/mol. The van der Waals surface area contributed by atoms with Crippen molar-refractivity contribution in [2.45, 2.75) is 32.5 Å². The third kappa shape index (κ3) is 5.85. The summed E-state index contributed by atoms with van der Waals surface area (Å²) in [4.78, 5) is 38.6. The molecule has 0 aliphatic rings. The number of nitrogens with one attached hydrogen (secondary N) is 3. The third-order valence-corrected chi connectivity index (χ3v) is 4.77. The zero-order valence-corrected chi connectivity index (χ0v) is 18.9. The maximum Gasteiger partial charge on any atom is 0.274 e. The Morgan fingerprint density at radius 1 is 1.09 bits per heavy atom. The van der Waals surface area contributed by atoms with Gasteiger partial charge >= 0.3 is 0 Å². The van der Waals surface area contributed by atoms with Crippen molar-refractivity contribution in [2.24, 2.45) is 0 Å². The molecule has 11 heteroatoms. The number of carbonyl (C=O) groups excluding carboxylic acids is 2. The van der Waals surface area contributed by atoms with Crippen LogP contribution in [0.25, 0.3) is 0 Å². The van der Waals surface area contributed by atoms with Gasteiger partial charge in [-0.25, -0.2) is 13.2 Å². The van der Waals surface area contributed by atoms with Crippen molar-refractivity contribution in [3.8, 4) is 5.75 Å². The number of amides is 2. The summed E-state index contributed by atoms with van der Waals surface area (Å²) in [6.07, 6.45) is 4.05. The number of methoxy groups -OCH3 is 1. The number of pyridine rings is 1. The summed E-state index contributed by atoms with van der Waals surface area (Å²) >= 11 is 0. The molecule has 0 aliphatic heterocycles. The third-order valence-electron chi connectivity index (χ3n) is 4.77. The van der Waals surface area contributed by atoms with Gasteiger partial charge in [-0.3, -0.25) is 19.1 Å². The van der Waals surface area contributed by atoms with Crippen LogP contribution < -0.4 is 26.2 Å². The Labute approximate surface area is 194 Å². The van der Waals surface area contributed by atoms with E-state index in [4.69, 9.17) is 4.74 Å². The van der Waals surface area contributed by atoms with Crippen molar-refractivity contribution in [3.63, 3.8) is 0 Å². The van der Waals surface area contributed by atoms with Gasteiger partial charge in [-0.05, 0) is 13.8 Å². The Morgan fingerprint density at radius 2 is 1.68 bits per heavy atom. The lowest BCUT2D eigenvalue weighted by molar-refractivity contribution is 0.0923. The molecule has 2 atom stereocenters. The minimum atomic E-state index is -1.20. The standard InChI is InChI=1S/C23H25F3N4O4/c1-6-12(3)28-23(33)19-21(34-5)20(31)16(11-30(19)29-13(4)7-2)22(32)27-10-15-17(25)8-14(24)9-18(15)26/h6-9,11-13,29H,1-2,10H2,3-5H3,(H,27,32)(H,28,33)/t12-,13+/m0/s1. The summed E-state index contributed by atoms with van der Waals surface area (Å²) in [7, 11) is 1.15. The van der Waals surface area contributed by atoms with Gasteiger partial charge < -0.3 is 20.8 Å². The van der Waals surface area contributed by atoms with Crippen molar-refractivity contribution in [3.05, 3.63) is 88.1 Å². The lowest BCUT2D eigenvalue weighted by atomic mass is 10.1. The number of halogens is 3. The molecular weight excluding hydrogens is 453 g/mol. The van der Waals surface area contributed by atoms with E-state index in [1.807, 2.05) is 0 Å². The van der Waals surface area contributed by atoms with Crippen molar-refractivity contribution in [1.29, 1.82) is 0 Å². The molecule has 1 aromatic carbocycles. The molecule has 3 N–H and O–H groups in total. The molecule has 0 bridgehead atoms. The highest BCUT2D eigenvalue weighted by molar-refractivity contribution is 5.99. The Kier molecular flexibility index (Phi) is 8.65. The Morgan fingerprint density at radius 3 is 2.21 bits per heavy atom. The van der Waals surface area contributed by atoms with Gasteiger partial charge in [0.25, 0.3) is 11.8 Å². The van der Waals surface area contributed by atoms with Crippen LogP contribution in [0.1, 0.15) is 40.3 Å². The molecule has 0 unspecified atom stereocenters. The second-order valence-corrected chi connectivity index (χ2v) is 7.31. The van der Waals surface area contributed by atoms with Gasteiger partial charge in [0.15, 0.2) is 11.4 Å². The highest BCUT2D eigenvalue weighted by Crippen LogP contribution is 2.17. The molecule has 0 saturated heterocycles. The van der Waals surface area contributed by atoms with E-state index in [-0.39, 0.29) is 5.69 Å². The number of rotatable bonds is 10. The SMILES string of the molecule is C=C[C@@H](C)Nn1cc(C(=O)NCc2c(F)cc(F)cc2F)c(=O)c(OC)c1C(=O)N[C@@H](C)C=C. The Hall–Kier alpha value is -4.02. The van der Waals surface area contributed by atoms with Crippen LogP contribution >= 0.6 is 0 Å². The predicted octanol–water partition coefficient (Wildman–Crippen LogP) is 2.63. The van der Waals surface area contributed by atoms with E-state index in [0.717, 1.165) is 18.0 Å².